The molecule has 0 radical (unpaired) electrons. The average molecular weight is 489 g/mol. The third-order valence-electron chi connectivity index (χ3n) is 4.05. The number of rotatable bonds is 6. The Morgan fingerprint density at radius 1 is 1.10 bits per heavy atom. The van der Waals surface area contributed by atoms with E-state index in [1.165, 1.54) is 11.8 Å². The van der Waals surface area contributed by atoms with E-state index in [1.54, 1.807) is 6.92 Å². The molecule has 0 unspecified atom stereocenters. The van der Waals surface area contributed by atoms with Crippen LogP contribution < -0.4 is 5.32 Å². The van der Waals surface area contributed by atoms with Gasteiger partial charge < -0.3 is 4.74 Å². The number of carbonyl (C=O) groups is 2. The standard InChI is InChI=1S/C21H21BrN4O3S/c1-4-29-21(28)23-18(27)12-30-20-25-24-19(15-5-7-16(22)8-6-15)26(20)17-10-13(2)9-14(3)11-17/h5-11H,4,12H2,1-3H3,(H,23,27,28). The Morgan fingerprint density at radius 2 is 1.77 bits per heavy atom. The lowest BCUT2D eigenvalue weighted by Crippen LogP contribution is -2.32. The molecule has 0 saturated carbocycles. The zero-order valence-electron chi connectivity index (χ0n) is 16.8. The van der Waals surface area contributed by atoms with E-state index < -0.39 is 12.0 Å². The third kappa shape index (κ3) is 5.48. The normalized spacial score (nSPS) is 10.7. The number of carbonyl (C=O) groups excluding carboxylic acids is 2. The number of nitrogens with zero attached hydrogens (tertiary/aromatic N) is 3. The minimum atomic E-state index is -0.755. The number of aryl methyl sites for hydroxylation is 2. The Kier molecular flexibility index (Phi) is 7.28. The maximum Gasteiger partial charge on any atom is 0.413 e. The molecule has 2 aromatic carbocycles. The summed E-state index contributed by atoms with van der Waals surface area (Å²) in [7, 11) is 0. The molecule has 3 rings (SSSR count). The van der Waals surface area contributed by atoms with Crippen molar-refractivity contribution in [1.29, 1.82) is 0 Å². The van der Waals surface area contributed by atoms with Gasteiger partial charge in [0.1, 0.15) is 0 Å². The first-order valence-corrected chi connectivity index (χ1v) is 11.0. The molecule has 30 heavy (non-hydrogen) atoms. The first-order valence-electron chi connectivity index (χ1n) is 9.26. The largest absolute Gasteiger partial charge is 0.450 e. The van der Waals surface area contributed by atoms with E-state index in [1.807, 2.05) is 54.8 Å². The number of ether oxygens (including phenoxy) is 1. The number of hydrogen-bond acceptors (Lipinski definition) is 6. The second-order valence-electron chi connectivity index (χ2n) is 6.55. The molecule has 0 fully saturated rings. The van der Waals surface area contributed by atoms with Crippen LogP contribution in [0, 0.1) is 13.8 Å². The van der Waals surface area contributed by atoms with Crippen LogP contribution in [-0.2, 0) is 9.53 Å². The molecule has 0 aliphatic rings. The quantitative estimate of drug-likeness (QED) is 0.507. The van der Waals surface area contributed by atoms with E-state index in [4.69, 9.17) is 4.74 Å². The summed E-state index contributed by atoms with van der Waals surface area (Å²) in [6.07, 6.45) is -0.755. The molecule has 1 N–H and O–H groups in total. The fraction of sp³-hybridized carbons (Fsp3) is 0.238. The van der Waals surface area contributed by atoms with Crippen molar-refractivity contribution in [2.45, 2.75) is 25.9 Å². The number of halogens is 1. The lowest BCUT2D eigenvalue weighted by atomic mass is 10.1. The van der Waals surface area contributed by atoms with Gasteiger partial charge in [-0.3, -0.25) is 14.7 Å². The van der Waals surface area contributed by atoms with E-state index in [2.05, 4.69) is 37.5 Å². The van der Waals surface area contributed by atoms with Gasteiger partial charge in [-0.15, -0.1) is 10.2 Å². The second kappa shape index (κ2) is 9.90. The van der Waals surface area contributed by atoms with E-state index in [0.717, 1.165) is 26.9 Å². The highest BCUT2D eigenvalue weighted by molar-refractivity contribution is 9.10. The molecule has 3 aromatic rings. The highest BCUT2D eigenvalue weighted by Gasteiger charge is 2.18. The lowest BCUT2D eigenvalue weighted by molar-refractivity contribution is -0.117. The smallest absolute Gasteiger partial charge is 0.413 e. The number of aromatic nitrogens is 3. The van der Waals surface area contributed by atoms with Gasteiger partial charge in [-0.1, -0.05) is 45.9 Å². The molecule has 0 aliphatic heterocycles. The summed E-state index contributed by atoms with van der Waals surface area (Å²) < 4.78 is 7.63. The molecule has 1 aromatic heterocycles. The minimum absolute atomic E-state index is 0.00207. The number of nitrogens with one attached hydrogen (secondary N) is 1. The molecule has 1 heterocycles. The number of amides is 2. The van der Waals surface area contributed by atoms with Crippen LogP contribution in [0.15, 0.2) is 52.1 Å². The molecule has 0 saturated heterocycles. The van der Waals surface area contributed by atoms with Gasteiger partial charge in [-0.2, -0.15) is 0 Å². The minimum Gasteiger partial charge on any atom is -0.450 e. The Bertz CT molecular complexity index is 1050. The topological polar surface area (TPSA) is 86.1 Å². The van der Waals surface area contributed by atoms with Gasteiger partial charge in [-0.05, 0) is 56.2 Å². The van der Waals surface area contributed by atoms with Crippen molar-refractivity contribution >= 4 is 39.7 Å². The van der Waals surface area contributed by atoms with Crippen molar-refractivity contribution < 1.29 is 14.3 Å². The lowest BCUT2D eigenvalue weighted by Gasteiger charge is -2.12. The molecule has 0 spiro atoms. The van der Waals surface area contributed by atoms with Crippen LogP contribution in [0.1, 0.15) is 18.1 Å². The third-order valence-corrected chi connectivity index (χ3v) is 5.51. The zero-order chi connectivity index (χ0) is 21.7. The van der Waals surface area contributed by atoms with Gasteiger partial charge >= 0.3 is 6.09 Å². The molecule has 0 bridgehead atoms. The molecular weight excluding hydrogens is 468 g/mol. The Balaban J connectivity index is 1.94. The van der Waals surface area contributed by atoms with Gasteiger partial charge in [0.2, 0.25) is 5.91 Å². The maximum atomic E-state index is 12.1. The molecule has 0 aliphatic carbocycles. The summed E-state index contributed by atoms with van der Waals surface area (Å²) in [5, 5.41) is 11.4. The monoisotopic (exact) mass is 488 g/mol. The SMILES string of the molecule is CCOC(=O)NC(=O)CSc1nnc(-c2ccc(Br)cc2)n1-c1cc(C)cc(C)c1. The molecule has 7 nitrogen and oxygen atoms in total. The van der Waals surface area contributed by atoms with E-state index in [0.29, 0.717) is 11.0 Å². The predicted octanol–water partition coefficient (Wildman–Crippen LogP) is 4.68. The van der Waals surface area contributed by atoms with Crippen molar-refractivity contribution in [2.75, 3.05) is 12.4 Å². The van der Waals surface area contributed by atoms with Gasteiger partial charge in [0.15, 0.2) is 11.0 Å². The summed E-state index contributed by atoms with van der Waals surface area (Å²) in [6, 6.07) is 14.0. The molecule has 156 valence electrons. The number of imide groups is 1. The summed E-state index contributed by atoms with van der Waals surface area (Å²) in [6.45, 7) is 5.93. The Hall–Kier alpha value is -2.65. The van der Waals surface area contributed by atoms with E-state index in [9.17, 15) is 9.59 Å². The molecule has 2 amide bonds. The molecule has 0 atom stereocenters. The van der Waals surface area contributed by atoms with Crippen LogP contribution in [0.2, 0.25) is 0 Å². The predicted molar refractivity (Wildman–Crippen MR) is 120 cm³/mol. The number of thioether (sulfide) groups is 1. The van der Waals surface area contributed by atoms with Gasteiger partial charge in [0.25, 0.3) is 0 Å². The van der Waals surface area contributed by atoms with Crippen molar-refractivity contribution in [3.63, 3.8) is 0 Å². The van der Waals surface area contributed by atoms with Crippen molar-refractivity contribution in [3.8, 4) is 17.1 Å². The van der Waals surface area contributed by atoms with Gasteiger partial charge in [0.05, 0.1) is 18.0 Å². The first-order chi connectivity index (χ1) is 14.4. The number of alkyl carbamates (subject to hydrolysis) is 1. The van der Waals surface area contributed by atoms with E-state index >= 15 is 0 Å². The fourth-order valence-corrected chi connectivity index (χ4v) is 3.93. The summed E-state index contributed by atoms with van der Waals surface area (Å²) in [4.78, 5) is 23.5. The average Bonchev–Trinajstić information content (AvgIpc) is 3.10. The summed E-state index contributed by atoms with van der Waals surface area (Å²) in [5.74, 6) is 0.210. The zero-order valence-corrected chi connectivity index (χ0v) is 19.2. The van der Waals surface area contributed by atoms with Crippen molar-refractivity contribution in [3.05, 3.63) is 58.1 Å². The van der Waals surface area contributed by atoms with Crippen LogP contribution in [0.4, 0.5) is 4.79 Å². The Morgan fingerprint density at radius 3 is 2.40 bits per heavy atom. The molecule has 9 heteroatoms. The van der Waals surface area contributed by atoms with Crippen molar-refractivity contribution in [2.24, 2.45) is 0 Å². The van der Waals surface area contributed by atoms with Crippen LogP contribution in [-0.4, -0.2) is 39.1 Å². The summed E-state index contributed by atoms with van der Waals surface area (Å²) >= 11 is 4.65. The highest BCUT2D eigenvalue weighted by Crippen LogP contribution is 2.29. The fourth-order valence-electron chi connectivity index (χ4n) is 2.91. The number of hydrogen-bond donors (Lipinski definition) is 1. The van der Waals surface area contributed by atoms with Crippen LogP contribution in [0.25, 0.3) is 17.1 Å². The Labute approximate surface area is 187 Å². The first kappa shape index (κ1) is 22.0. The van der Waals surface area contributed by atoms with Crippen LogP contribution in [0.3, 0.4) is 0 Å². The van der Waals surface area contributed by atoms with Gasteiger partial charge in [-0.25, -0.2) is 4.79 Å². The highest BCUT2D eigenvalue weighted by atomic mass is 79.9. The van der Waals surface area contributed by atoms with Crippen LogP contribution >= 0.6 is 27.7 Å². The van der Waals surface area contributed by atoms with Crippen LogP contribution in [0.5, 0.6) is 0 Å². The van der Waals surface area contributed by atoms with Crippen molar-refractivity contribution in [1.82, 2.24) is 20.1 Å². The van der Waals surface area contributed by atoms with Gasteiger partial charge in [0, 0.05) is 10.0 Å². The second-order valence-corrected chi connectivity index (χ2v) is 8.41. The summed E-state index contributed by atoms with van der Waals surface area (Å²) in [5.41, 5.74) is 4.02. The maximum absolute atomic E-state index is 12.1. The van der Waals surface area contributed by atoms with E-state index in [-0.39, 0.29) is 12.4 Å². The number of benzene rings is 2. The molecular formula is C21H21BrN4O3S.